The monoisotopic (exact) mass is 335 g/mol. The Morgan fingerprint density at radius 1 is 1.28 bits per heavy atom. The molecule has 0 fully saturated rings. The molecule has 3 aromatic rings. The molecule has 2 N–H and O–H groups in total. The first kappa shape index (κ1) is 17.2. The van der Waals surface area contributed by atoms with Crippen LogP contribution in [-0.2, 0) is 0 Å². The van der Waals surface area contributed by atoms with Gasteiger partial charge in [0.05, 0.1) is 11.4 Å². The number of ether oxygens (including phenoxy) is 1. The van der Waals surface area contributed by atoms with Crippen molar-refractivity contribution < 1.29 is 4.74 Å². The average molecular weight is 335 g/mol. The maximum atomic E-state index is 5.95. The van der Waals surface area contributed by atoms with E-state index in [-0.39, 0.29) is 5.92 Å². The van der Waals surface area contributed by atoms with Crippen molar-refractivity contribution in [3.8, 4) is 17.0 Å². The molecule has 0 aliphatic carbocycles. The molecule has 1 aromatic carbocycles. The van der Waals surface area contributed by atoms with Crippen molar-refractivity contribution in [1.29, 1.82) is 0 Å². The summed E-state index contributed by atoms with van der Waals surface area (Å²) in [4.78, 5) is 4.87. The van der Waals surface area contributed by atoms with E-state index >= 15 is 0 Å². The van der Waals surface area contributed by atoms with Crippen LogP contribution in [0.4, 0.5) is 0 Å². The third-order valence-electron chi connectivity index (χ3n) is 4.25. The van der Waals surface area contributed by atoms with Crippen LogP contribution in [0.2, 0.25) is 0 Å². The zero-order valence-electron chi connectivity index (χ0n) is 15.1. The zero-order valence-corrected chi connectivity index (χ0v) is 15.1. The lowest BCUT2D eigenvalue weighted by atomic mass is 10.0. The standard InChI is InChI=1S/C21H25N3O/c1-14(2)13-25-18-7-5-17(6-8-18)20-21(16(4)12-22)24-10-9-15(3)11-19(24)23-20/h5-11,16H,1,12-13,22H2,2-4H3. The fourth-order valence-corrected chi connectivity index (χ4v) is 2.88. The average Bonchev–Trinajstić information content (AvgIpc) is 2.98. The third-order valence-corrected chi connectivity index (χ3v) is 4.25. The molecule has 4 heteroatoms. The number of rotatable bonds is 6. The van der Waals surface area contributed by atoms with Crippen LogP contribution < -0.4 is 10.5 Å². The summed E-state index contributed by atoms with van der Waals surface area (Å²) in [7, 11) is 0. The van der Waals surface area contributed by atoms with Gasteiger partial charge in [0, 0.05) is 24.2 Å². The van der Waals surface area contributed by atoms with Gasteiger partial charge in [-0.05, 0) is 61.4 Å². The summed E-state index contributed by atoms with van der Waals surface area (Å²) in [6, 6.07) is 12.2. The predicted octanol–water partition coefficient (Wildman–Crippen LogP) is 4.33. The molecule has 0 saturated heterocycles. The summed E-state index contributed by atoms with van der Waals surface area (Å²) >= 11 is 0. The maximum absolute atomic E-state index is 5.95. The molecule has 2 aromatic heterocycles. The van der Waals surface area contributed by atoms with Gasteiger partial charge in [-0.15, -0.1) is 0 Å². The van der Waals surface area contributed by atoms with E-state index in [4.69, 9.17) is 15.5 Å². The minimum Gasteiger partial charge on any atom is -0.489 e. The number of benzene rings is 1. The lowest BCUT2D eigenvalue weighted by molar-refractivity contribution is 0.353. The molecule has 0 spiro atoms. The van der Waals surface area contributed by atoms with Gasteiger partial charge in [0.25, 0.3) is 0 Å². The second kappa shape index (κ2) is 7.11. The van der Waals surface area contributed by atoms with Gasteiger partial charge >= 0.3 is 0 Å². The Morgan fingerprint density at radius 2 is 2.00 bits per heavy atom. The highest BCUT2D eigenvalue weighted by Crippen LogP contribution is 2.31. The number of nitrogens with two attached hydrogens (primary N) is 1. The fourth-order valence-electron chi connectivity index (χ4n) is 2.88. The maximum Gasteiger partial charge on any atom is 0.137 e. The smallest absolute Gasteiger partial charge is 0.137 e. The summed E-state index contributed by atoms with van der Waals surface area (Å²) in [6.07, 6.45) is 2.08. The van der Waals surface area contributed by atoms with E-state index in [2.05, 4.69) is 55.3 Å². The molecule has 0 amide bonds. The highest BCUT2D eigenvalue weighted by atomic mass is 16.5. The van der Waals surface area contributed by atoms with Crippen LogP contribution in [0.25, 0.3) is 16.9 Å². The van der Waals surface area contributed by atoms with Crippen LogP contribution in [0, 0.1) is 6.92 Å². The molecule has 130 valence electrons. The third kappa shape index (κ3) is 3.59. The number of hydrogen-bond donors (Lipinski definition) is 1. The van der Waals surface area contributed by atoms with Gasteiger partial charge in [0.2, 0.25) is 0 Å². The molecule has 25 heavy (non-hydrogen) atoms. The van der Waals surface area contributed by atoms with E-state index in [1.165, 1.54) is 5.56 Å². The van der Waals surface area contributed by atoms with Gasteiger partial charge in [0.15, 0.2) is 0 Å². The molecule has 2 heterocycles. The Kier molecular flexibility index (Phi) is 4.91. The van der Waals surface area contributed by atoms with Crippen molar-refractivity contribution in [2.45, 2.75) is 26.7 Å². The Balaban J connectivity index is 2.03. The predicted molar refractivity (Wildman–Crippen MR) is 103 cm³/mol. The number of aromatic nitrogens is 2. The first-order chi connectivity index (χ1) is 12.0. The number of hydrogen-bond acceptors (Lipinski definition) is 3. The fraction of sp³-hybridized carbons (Fsp3) is 0.286. The topological polar surface area (TPSA) is 52.5 Å². The van der Waals surface area contributed by atoms with Crippen molar-refractivity contribution in [2.75, 3.05) is 13.2 Å². The molecule has 3 rings (SSSR count). The van der Waals surface area contributed by atoms with Crippen LogP contribution in [0.15, 0.2) is 54.7 Å². The number of nitrogens with zero attached hydrogens (tertiary/aromatic N) is 2. The Hall–Kier alpha value is -2.59. The molecule has 4 nitrogen and oxygen atoms in total. The van der Waals surface area contributed by atoms with Gasteiger partial charge in [-0.2, -0.15) is 0 Å². The van der Waals surface area contributed by atoms with Gasteiger partial charge < -0.3 is 14.9 Å². The first-order valence-electron chi connectivity index (χ1n) is 8.56. The molecule has 0 radical (unpaired) electrons. The van der Waals surface area contributed by atoms with Crippen molar-refractivity contribution in [3.05, 3.63) is 66.0 Å². The van der Waals surface area contributed by atoms with Crippen molar-refractivity contribution in [1.82, 2.24) is 9.38 Å². The highest BCUT2D eigenvalue weighted by Gasteiger charge is 2.18. The van der Waals surface area contributed by atoms with Gasteiger partial charge in [-0.1, -0.05) is 13.5 Å². The summed E-state index contributed by atoms with van der Waals surface area (Å²) in [5.41, 5.74) is 12.3. The van der Waals surface area contributed by atoms with E-state index in [0.717, 1.165) is 33.9 Å². The summed E-state index contributed by atoms with van der Waals surface area (Å²) in [5.74, 6) is 1.05. The largest absolute Gasteiger partial charge is 0.489 e. The van der Waals surface area contributed by atoms with Gasteiger partial charge in [0.1, 0.15) is 18.0 Å². The van der Waals surface area contributed by atoms with Gasteiger partial charge in [-0.3, -0.25) is 0 Å². The van der Waals surface area contributed by atoms with E-state index < -0.39 is 0 Å². The minimum absolute atomic E-state index is 0.215. The SMILES string of the molecule is C=C(C)COc1ccc(-c2nc3cc(C)ccn3c2C(C)CN)cc1. The summed E-state index contributed by atoms with van der Waals surface area (Å²) in [6.45, 7) is 11.1. The number of pyridine rings is 1. The van der Waals surface area contributed by atoms with E-state index in [1.807, 2.05) is 19.1 Å². The molecule has 0 aliphatic rings. The van der Waals surface area contributed by atoms with Crippen molar-refractivity contribution in [3.63, 3.8) is 0 Å². The van der Waals surface area contributed by atoms with E-state index in [9.17, 15) is 0 Å². The zero-order chi connectivity index (χ0) is 18.0. The van der Waals surface area contributed by atoms with Gasteiger partial charge in [-0.25, -0.2) is 4.98 Å². The molecule has 0 saturated carbocycles. The summed E-state index contributed by atoms with van der Waals surface area (Å²) in [5, 5.41) is 0. The van der Waals surface area contributed by atoms with Crippen molar-refractivity contribution >= 4 is 5.65 Å². The summed E-state index contributed by atoms with van der Waals surface area (Å²) < 4.78 is 7.83. The molecule has 0 bridgehead atoms. The molecular weight excluding hydrogens is 310 g/mol. The van der Waals surface area contributed by atoms with Crippen LogP contribution in [0.1, 0.15) is 31.0 Å². The number of aryl methyl sites for hydroxylation is 1. The molecular formula is C21H25N3O. The Labute approximate surface area is 149 Å². The Morgan fingerprint density at radius 3 is 2.64 bits per heavy atom. The molecule has 1 unspecified atom stereocenters. The number of imidazole rings is 1. The van der Waals surface area contributed by atoms with E-state index in [0.29, 0.717) is 13.2 Å². The normalized spacial score (nSPS) is 12.3. The minimum atomic E-state index is 0.215. The highest BCUT2D eigenvalue weighted by molar-refractivity contribution is 5.68. The second-order valence-electron chi connectivity index (χ2n) is 6.68. The van der Waals surface area contributed by atoms with Crippen LogP contribution in [-0.4, -0.2) is 22.5 Å². The van der Waals surface area contributed by atoms with Crippen LogP contribution in [0.3, 0.4) is 0 Å². The van der Waals surface area contributed by atoms with Crippen LogP contribution in [0.5, 0.6) is 5.75 Å². The van der Waals surface area contributed by atoms with Crippen molar-refractivity contribution in [2.24, 2.45) is 5.73 Å². The number of fused-ring (bicyclic) bond motifs is 1. The quantitative estimate of drug-likeness (QED) is 0.682. The first-order valence-corrected chi connectivity index (χ1v) is 8.56. The Bertz CT molecular complexity index is 893. The second-order valence-corrected chi connectivity index (χ2v) is 6.68. The lowest BCUT2D eigenvalue weighted by Gasteiger charge is -2.12. The van der Waals surface area contributed by atoms with E-state index in [1.54, 1.807) is 0 Å². The van der Waals surface area contributed by atoms with Crippen LogP contribution >= 0.6 is 0 Å². The molecule has 0 aliphatic heterocycles. The lowest BCUT2D eigenvalue weighted by Crippen LogP contribution is -2.12. The molecule has 1 atom stereocenters.